The van der Waals surface area contributed by atoms with Gasteiger partial charge in [0.15, 0.2) is 6.67 Å². The summed E-state index contributed by atoms with van der Waals surface area (Å²) in [7, 11) is 0. The van der Waals surface area contributed by atoms with Crippen molar-refractivity contribution in [3.63, 3.8) is 0 Å². The fraction of sp³-hybridized carbons (Fsp3) is 0.412. The molecule has 0 saturated carbocycles. The van der Waals surface area contributed by atoms with Crippen LogP contribution in [0.2, 0.25) is 0 Å². The minimum atomic E-state index is 0.563. The summed E-state index contributed by atoms with van der Waals surface area (Å²) in [5, 5.41) is 11.5. The maximum absolute atomic E-state index is 9.34. The number of hydrogen-bond acceptors (Lipinski definition) is 3. The molecule has 1 aliphatic heterocycles. The van der Waals surface area contributed by atoms with Crippen LogP contribution in [0.5, 0.6) is 0 Å². The molecule has 3 rings (SSSR count). The summed E-state index contributed by atoms with van der Waals surface area (Å²) in [6.45, 7) is 6.06. The number of nitrogens with zero attached hydrogens (tertiary/aromatic N) is 2. The number of thiophene rings is 1. The molecule has 5 heteroatoms. The Morgan fingerprint density at radius 1 is 1.50 bits per heavy atom. The molecule has 0 amide bonds. The summed E-state index contributed by atoms with van der Waals surface area (Å²) in [6, 6.07) is 9.27. The molecule has 1 saturated heterocycles. The Morgan fingerprint density at radius 2 is 2.32 bits per heavy atom. The number of aryl methyl sites for hydroxylation is 2. The zero-order valence-corrected chi connectivity index (χ0v) is 14.6. The van der Waals surface area contributed by atoms with Gasteiger partial charge in [-0.05, 0) is 36.9 Å². The summed E-state index contributed by atoms with van der Waals surface area (Å²) >= 11 is 7.41. The van der Waals surface area contributed by atoms with Crippen molar-refractivity contribution in [3.8, 4) is 6.07 Å². The molecule has 2 aromatic heterocycles. The van der Waals surface area contributed by atoms with Crippen molar-refractivity contribution in [2.24, 2.45) is 0 Å². The lowest BCUT2D eigenvalue weighted by Gasteiger charge is -2.23. The van der Waals surface area contributed by atoms with Crippen LogP contribution in [0.1, 0.15) is 40.6 Å². The van der Waals surface area contributed by atoms with Crippen LogP contribution in [-0.2, 0) is 6.67 Å². The van der Waals surface area contributed by atoms with Crippen LogP contribution in [0.4, 0.5) is 0 Å². The van der Waals surface area contributed by atoms with Gasteiger partial charge in [-0.15, -0.1) is 11.3 Å². The van der Waals surface area contributed by atoms with Gasteiger partial charge >= 0.3 is 0 Å². The highest BCUT2D eigenvalue weighted by Crippen LogP contribution is 2.23. The fourth-order valence-electron chi connectivity index (χ4n) is 3.40. The molecule has 0 aromatic carbocycles. The van der Waals surface area contributed by atoms with E-state index in [1.807, 2.05) is 18.3 Å². The smallest absolute Gasteiger partial charge is 0.158 e. The average Bonchev–Trinajstić information content (AvgIpc) is 3.14. The first kappa shape index (κ1) is 15.4. The van der Waals surface area contributed by atoms with Crippen LogP contribution in [0, 0.1) is 29.8 Å². The third-order valence-corrected chi connectivity index (χ3v) is 5.96. The van der Waals surface area contributed by atoms with Gasteiger partial charge in [0.2, 0.25) is 0 Å². The van der Waals surface area contributed by atoms with Gasteiger partial charge in [-0.25, -0.2) is 0 Å². The number of nitrogens with one attached hydrogen (secondary N) is 1. The van der Waals surface area contributed by atoms with Crippen LogP contribution in [-0.4, -0.2) is 11.1 Å². The van der Waals surface area contributed by atoms with E-state index < -0.39 is 0 Å². The van der Waals surface area contributed by atoms with Gasteiger partial charge in [-0.1, -0.05) is 18.3 Å². The van der Waals surface area contributed by atoms with E-state index >= 15 is 0 Å². The Kier molecular flexibility index (Phi) is 4.44. The van der Waals surface area contributed by atoms with Crippen LogP contribution in [0.15, 0.2) is 23.6 Å². The van der Waals surface area contributed by atoms with E-state index in [4.69, 9.17) is 12.2 Å². The Hall–Kier alpha value is -1.48. The highest BCUT2D eigenvalue weighted by Gasteiger charge is 2.31. The molecule has 1 aliphatic rings. The van der Waals surface area contributed by atoms with Gasteiger partial charge < -0.3 is 4.90 Å². The SMILES string of the molecule is Cc1cc(C)n(C[NH+]2CCC[C@@H]2c2cccs2)c(=S)c1C#N. The standard InChI is InChI=1S/C17H19N3S2/c1-12-9-13(2)20(17(21)14(12)10-18)11-19-7-3-5-15(19)16-6-4-8-22-16/h4,6,8-9,15H,3,5,7,11H2,1-2H3/p+1/t15-/m1/s1. The van der Waals surface area contributed by atoms with Crippen molar-refractivity contribution in [2.45, 2.75) is 39.4 Å². The van der Waals surface area contributed by atoms with E-state index in [1.54, 1.807) is 4.90 Å². The third-order valence-electron chi connectivity index (χ3n) is 4.55. The van der Waals surface area contributed by atoms with Gasteiger partial charge in [0.05, 0.1) is 17.0 Å². The number of likely N-dealkylation sites (tertiary alicyclic amines) is 1. The lowest BCUT2D eigenvalue weighted by atomic mass is 10.1. The number of rotatable bonds is 3. The summed E-state index contributed by atoms with van der Waals surface area (Å²) in [6.07, 6.45) is 2.49. The van der Waals surface area contributed by atoms with Crippen LogP contribution in [0.3, 0.4) is 0 Å². The van der Waals surface area contributed by atoms with Crippen LogP contribution >= 0.6 is 23.6 Å². The summed E-state index contributed by atoms with van der Waals surface area (Å²) < 4.78 is 2.83. The Balaban J connectivity index is 1.94. The third kappa shape index (κ3) is 2.74. The summed E-state index contributed by atoms with van der Waals surface area (Å²) in [5.74, 6) is 0. The van der Waals surface area contributed by atoms with Crippen molar-refractivity contribution in [2.75, 3.05) is 6.54 Å². The molecule has 2 atom stereocenters. The first-order chi connectivity index (χ1) is 10.6. The molecule has 0 aliphatic carbocycles. The van der Waals surface area contributed by atoms with Crippen molar-refractivity contribution >= 4 is 23.6 Å². The highest BCUT2D eigenvalue weighted by atomic mass is 32.1. The van der Waals surface area contributed by atoms with Gasteiger partial charge in [-0.3, -0.25) is 4.57 Å². The molecule has 1 N–H and O–H groups in total. The minimum absolute atomic E-state index is 0.563. The lowest BCUT2D eigenvalue weighted by molar-refractivity contribution is -0.940. The maximum Gasteiger partial charge on any atom is 0.158 e. The number of aromatic nitrogens is 1. The van der Waals surface area contributed by atoms with Gasteiger partial charge in [-0.2, -0.15) is 5.26 Å². The highest BCUT2D eigenvalue weighted by molar-refractivity contribution is 7.71. The Morgan fingerprint density at radius 3 is 3.00 bits per heavy atom. The molecule has 2 aromatic rings. The number of nitriles is 1. The van der Waals surface area contributed by atoms with Gasteiger partial charge in [0.25, 0.3) is 0 Å². The molecule has 0 spiro atoms. The summed E-state index contributed by atoms with van der Waals surface area (Å²) in [4.78, 5) is 3.01. The molecule has 3 heterocycles. The molecule has 0 bridgehead atoms. The number of hydrogen-bond donors (Lipinski definition) is 1. The molecule has 1 fully saturated rings. The van der Waals surface area contributed by atoms with Crippen LogP contribution < -0.4 is 4.90 Å². The van der Waals surface area contributed by atoms with Gasteiger partial charge in [0, 0.05) is 18.5 Å². The molecular formula is C17H20N3S2+. The first-order valence-electron chi connectivity index (χ1n) is 7.61. The molecular weight excluding hydrogens is 310 g/mol. The van der Waals surface area contributed by atoms with Crippen molar-refractivity contribution in [1.29, 1.82) is 5.26 Å². The zero-order valence-electron chi connectivity index (χ0n) is 12.9. The minimum Gasteiger partial charge on any atom is -0.311 e. The van der Waals surface area contributed by atoms with E-state index in [0.717, 1.165) is 17.9 Å². The second kappa shape index (κ2) is 6.33. The number of pyridine rings is 1. The van der Waals surface area contributed by atoms with E-state index in [0.29, 0.717) is 16.2 Å². The topological polar surface area (TPSA) is 33.2 Å². The van der Waals surface area contributed by atoms with Crippen molar-refractivity contribution in [1.82, 2.24) is 4.57 Å². The van der Waals surface area contributed by atoms with Crippen molar-refractivity contribution in [3.05, 3.63) is 49.9 Å². The molecule has 22 heavy (non-hydrogen) atoms. The lowest BCUT2D eigenvalue weighted by Crippen LogP contribution is -3.09. The van der Waals surface area contributed by atoms with E-state index in [9.17, 15) is 5.26 Å². The normalized spacial score (nSPS) is 21.0. The predicted octanol–water partition coefficient (Wildman–Crippen LogP) is 3.15. The summed E-state index contributed by atoms with van der Waals surface area (Å²) in [5.41, 5.74) is 2.77. The van der Waals surface area contributed by atoms with Crippen molar-refractivity contribution < 1.29 is 4.90 Å². The molecule has 114 valence electrons. The number of quaternary nitrogens is 1. The molecule has 1 unspecified atom stereocenters. The predicted molar refractivity (Wildman–Crippen MR) is 91.6 cm³/mol. The molecule has 3 nitrogen and oxygen atoms in total. The molecule has 0 radical (unpaired) electrons. The Bertz CT molecular complexity index is 768. The quantitative estimate of drug-likeness (QED) is 0.877. The second-order valence-corrected chi connectivity index (χ2v) is 7.33. The second-order valence-electron chi connectivity index (χ2n) is 5.97. The van der Waals surface area contributed by atoms with Crippen LogP contribution in [0.25, 0.3) is 0 Å². The average molecular weight is 331 g/mol. The largest absolute Gasteiger partial charge is 0.311 e. The Labute approximate surface area is 140 Å². The first-order valence-corrected chi connectivity index (χ1v) is 8.89. The van der Waals surface area contributed by atoms with E-state index in [1.165, 1.54) is 24.3 Å². The zero-order chi connectivity index (χ0) is 15.7. The van der Waals surface area contributed by atoms with Gasteiger partial charge in [0.1, 0.15) is 16.8 Å². The van der Waals surface area contributed by atoms with E-state index in [2.05, 4.69) is 41.1 Å². The monoisotopic (exact) mass is 330 g/mol. The fourth-order valence-corrected chi connectivity index (χ4v) is 4.73. The maximum atomic E-state index is 9.34. The van der Waals surface area contributed by atoms with E-state index in [-0.39, 0.29) is 0 Å².